The summed E-state index contributed by atoms with van der Waals surface area (Å²) in [5, 5.41) is 3.23. The van der Waals surface area contributed by atoms with Gasteiger partial charge in [0.2, 0.25) is 0 Å². The molecule has 0 amide bonds. The number of terminal acetylenes is 1. The average Bonchev–Trinajstić information content (AvgIpc) is 2.29. The summed E-state index contributed by atoms with van der Waals surface area (Å²) in [5.74, 6) is 2.60. The van der Waals surface area contributed by atoms with Crippen LogP contribution in [0.25, 0.3) is 5.70 Å². The van der Waals surface area contributed by atoms with E-state index in [1.165, 1.54) is 0 Å². The van der Waals surface area contributed by atoms with Crippen LogP contribution in [0.4, 0.5) is 0 Å². The van der Waals surface area contributed by atoms with Crippen LogP contribution >= 0.6 is 0 Å². The molecular weight excluding hydrogens is 271 g/mol. The van der Waals surface area contributed by atoms with Gasteiger partial charge >= 0.3 is 0 Å². The molecule has 1 aromatic rings. The van der Waals surface area contributed by atoms with Crippen LogP contribution in [0.3, 0.4) is 0 Å². The molecule has 1 nitrogen and oxygen atoms in total. The van der Waals surface area contributed by atoms with Gasteiger partial charge in [-0.3, -0.25) is 0 Å². The summed E-state index contributed by atoms with van der Waals surface area (Å²) < 4.78 is 0. The van der Waals surface area contributed by atoms with Crippen LogP contribution in [0.15, 0.2) is 36.5 Å². The first kappa shape index (κ1) is 13.2. The van der Waals surface area contributed by atoms with Gasteiger partial charge in [0, 0.05) is 44.0 Å². The van der Waals surface area contributed by atoms with Gasteiger partial charge in [0.05, 0.1) is 0 Å². The van der Waals surface area contributed by atoms with Crippen molar-refractivity contribution in [2.45, 2.75) is 12.8 Å². The molecule has 0 atom stereocenters. The third-order valence-corrected chi connectivity index (χ3v) is 2.37. The predicted molar refractivity (Wildman–Crippen MR) is 62.5 cm³/mol. The average molecular weight is 283 g/mol. The Morgan fingerprint density at radius 1 is 1.31 bits per heavy atom. The van der Waals surface area contributed by atoms with Crippen LogP contribution in [0, 0.1) is 18.4 Å². The zero-order chi connectivity index (χ0) is 10.7. The van der Waals surface area contributed by atoms with Crippen molar-refractivity contribution in [1.29, 1.82) is 0 Å². The van der Waals surface area contributed by atoms with Crippen molar-refractivity contribution in [3.8, 4) is 12.3 Å². The van der Waals surface area contributed by atoms with Crippen LogP contribution in [-0.2, 0) is 32.7 Å². The Labute approximate surface area is 122 Å². The van der Waals surface area contributed by atoms with E-state index >= 15 is 0 Å². The summed E-state index contributed by atoms with van der Waals surface area (Å²) in [4.78, 5) is 0. The Hall–Kier alpha value is -0.836. The van der Waals surface area contributed by atoms with Crippen LogP contribution in [0.2, 0.25) is 0 Å². The van der Waals surface area contributed by atoms with E-state index in [0.717, 1.165) is 35.4 Å². The zero-order valence-electron chi connectivity index (χ0n) is 9.09. The molecule has 1 aromatic carbocycles. The molecule has 0 saturated heterocycles. The maximum Gasteiger partial charge on any atom is 0.0212 e. The van der Waals surface area contributed by atoms with Crippen LogP contribution in [0.5, 0.6) is 0 Å². The predicted octanol–water partition coefficient (Wildman–Crippen LogP) is 2.71. The number of rotatable bonds is 1. The second-order valence-corrected chi connectivity index (χ2v) is 3.50. The molecule has 16 heavy (non-hydrogen) atoms. The molecule has 1 N–H and O–H groups in total. The minimum Gasteiger partial charge on any atom is -0.394 e. The molecular formula is C14H12NY-. The van der Waals surface area contributed by atoms with E-state index in [9.17, 15) is 0 Å². The van der Waals surface area contributed by atoms with Crippen LogP contribution in [0.1, 0.15) is 24.0 Å². The summed E-state index contributed by atoms with van der Waals surface area (Å²) in [6.07, 6.45) is 10.5. The maximum absolute atomic E-state index is 5.30. The fourth-order valence-corrected chi connectivity index (χ4v) is 1.53. The minimum atomic E-state index is 0. The SMILES string of the molecule is C#Cc1ccc(C2=[C-]CCC(=C)N2)cc1.[Y]. The molecule has 0 unspecified atom stereocenters. The Bertz CT molecular complexity index is 449. The summed E-state index contributed by atoms with van der Waals surface area (Å²) in [7, 11) is 0. The summed E-state index contributed by atoms with van der Waals surface area (Å²) >= 11 is 0. The monoisotopic (exact) mass is 283 g/mol. The number of hydrogen-bond acceptors (Lipinski definition) is 1. The van der Waals surface area contributed by atoms with Crippen molar-refractivity contribution in [3.05, 3.63) is 53.7 Å². The molecule has 0 bridgehead atoms. The van der Waals surface area contributed by atoms with Crippen molar-refractivity contribution in [2.75, 3.05) is 0 Å². The molecule has 2 heteroatoms. The van der Waals surface area contributed by atoms with Gasteiger partial charge in [0.1, 0.15) is 0 Å². The van der Waals surface area contributed by atoms with E-state index in [-0.39, 0.29) is 32.7 Å². The third-order valence-electron chi connectivity index (χ3n) is 2.37. The molecule has 1 aliphatic heterocycles. The van der Waals surface area contributed by atoms with Crippen LogP contribution < -0.4 is 5.32 Å². The fraction of sp³-hybridized carbons (Fsp3) is 0.143. The van der Waals surface area contributed by atoms with Gasteiger partial charge in [-0.15, -0.1) is 30.7 Å². The van der Waals surface area contributed by atoms with Crippen molar-refractivity contribution in [1.82, 2.24) is 5.32 Å². The molecule has 0 aliphatic carbocycles. The van der Waals surface area contributed by atoms with E-state index < -0.39 is 0 Å². The number of nitrogens with one attached hydrogen (secondary N) is 1. The smallest absolute Gasteiger partial charge is 0.0212 e. The van der Waals surface area contributed by atoms with E-state index in [2.05, 4.69) is 23.9 Å². The second-order valence-electron chi connectivity index (χ2n) is 3.50. The number of hydrogen-bond donors (Lipinski definition) is 1. The summed E-state index contributed by atoms with van der Waals surface area (Å²) in [6.45, 7) is 3.92. The first-order valence-electron chi connectivity index (χ1n) is 4.92. The molecule has 1 heterocycles. The minimum absolute atomic E-state index is 0. The topological polar surface area (TPSA) is 12.0 Å². The van der Waals surface area contributed by atoms with E-state index in [4.69, 9.17) is 6.42 Å². The normalized spacial score (nSPS) is 14.2. The van der Waals surface area contributed by atoms with Gasteiger partial charge < -0.3 is 5.32 Å². The first-order valence-corrected chi connectivity index (χ1v) is 4.92. The Kier molecular flexibility index (Phi) is 4.99. The van der Waals surface area contributed by atoms with Crippen molar-refractivity contribution in [3.63, 3.8) is 0 Å². The van der Waals surface area contributed by atoms with Gasteiger partial charge in [0.25, 0.3) is 0 Å². The van der Waals surface area contributed by atoms with Gasteiger partial charge in [-0.25, -0.2) is 6.08 Å². The fourth-order valence-electron chi connectivity index (χ4n) is 1.53. The van der Waals surface area contributed by atoms with Crippen molar-refractivity contribution in [2.24, 2.45) is 0 Å². The first-order chi connectivity index (χ1) is 7.29. The van der Waals surface area contributed by atoms with E-state index in [1.54, 1.807) is 0 Å². The van der Waals surface area contributed by atoms with Crippen LogP contribution in [-0.4, -0.2) is 0 Å². The van der Waals surface area contributed by atoms with Crippen molar-refractivity contribution >= 4 is 5.70 Å². The quantitative estimate of drug-likeness (QED) is 0.617. The summed E-state index contributed by atoms with van der Waals surface area (Å²) in [5.41, 5.74) is 4.06. The van der Waals surface area contributed by atoms with Gasteiger partial charge in [-0.1, -0.05) is 24.6 Å². The Balaban J connectivity index is 0.00000128. The molecule has 0 saturated carbocycles. The molecule has 1 radical (unpaired) electrons. The Morgan fingerprint density at radius 3 is 2.56 bits per heavy atom. The molecule has 1 aliphatic rings. The molecule has 0 fully saturated rings. The zero-order valence-corrected chi connectivity index (χ0v) is 11.9. The number of benzene rings is 1. The number of allylic oxidation sites excluding steroid dienone is 2. The largest absolute Gasteiger partial charge is 0.394 e. The van der Waals surface area contributed by atoms with E-state index in [0.29, 0.717) is 0 Å². The molecule has 0 spiro atoms. The van der Waals surface area contributed by atoms with E-state index in [1.807, 2.05) is 24.3 Å². The van der Waals surface area contributed by atoms with Gasteiger partial charge in [-0.05, 0) is 6.42 Å². The van der Waals surface area contributed by atoms with Crippen molar-refractivity contribution < 1.29 is 32.7 Å². The van der Waals surface area contributed by atoms with Gasteiger partial charge in [-0.2, -0.15) is 5.56 Å². The second kappa shape index (κ2) is 6.04. The Morgan fingerprint density at radius 2 is 2.00 bits per heavy atom. The maximum atomic E-state index is 5.30. The van der Waals surface area contributed by atoms with Gasteiger partial charge in [0.15, 0.2) is 0 Å². The standard InChI is InChI=1S/C14H12N.Y/c1-3-12-7-9-13(10-8-12)14-6-4-5-11(2)15-14;/h1,7-10,15H,2,4-5H2;/q-1;. The molecule has 77 valence electrons. The molecule has 0 aromatic heterocycles. The molecule has 2 rings (SSSR count). The summed E-state index contributed by atoms with van der Waals surface area (Å²) in [6, 6.07) is 7.87. The third kappa shape index (κ3) is 3.08.